The van der Waals surface area contributed by atoms with Crippen LogP contribution in [0.2, 0.25) is 0 Å². The summed E-state index contributed by atoms with van der Waals surface area (Å²) in [6.07, 6.45) is 5.61. The molecular formula is C21H21N3O2. The Morgan fingerprint density at radius 1 is 1.19 bits per heavy atom. The van der Waals surface area contributed by atoms with E-state index in [1.807, 2.05) is 12.3 Å². The van der Waals surface area contributed by atoms with Crippen molar-refractivity contribution >= 4 is 11.7 Å². The monoisotopic (exact) mass is 347 g/mol. The van der Waals surface area contributed by atoms with Crippen LogP contribution in [0, 0.1) is 0 Å². The number of anilines is 1. The van der Waals surface area contributed by atoms with Crippen molar-refractivity contribution in [3.8, 4) is 0 Å². The maximum atomic E-state index is 11.2. The number of aromatic nitrogens is 2. The minimum Gasteiger partial charge on any atom is -0.478 e. The fourth-order valence-electron chi connectivity index (χ4n) is 3.56. The third-order valence-electron chi connectivity index (χ3n) is 4.96. The number of carboxylic acid groups (broad SMARTS) is 1. The van der Waals surface area contributed by atoms with Crippen molar-refractivity contribution in [3.05, 3.63) is 82.9 Å². The normalized spacial score (nSPS) is 13.0. The number of likely N-dealkylation sites (N-methyl/N-ethyl adjacent to an activating group) is 1. The second-order valence-corrected chi connectivity index (χ2v) is 6.79. The highest BCUT2D eigenvalue weighted by Gasteiger charge is 2.16. The van der Waals surface area contributed by atoms with Gasteiger partial charge in [-0.2, -0.15) is 0 Å². The Morgan fingerprint density at radius 2 is 2.08 bits per heavy atom. The van der Waals surface area contributed by atoms with E-state index in [0.717, 1.165) is 30.8 Å². The molecule has 3 aromatic rings. The average molecular weight is 347 g/mol. The summed E-state index contributed by atoms with van der Waals surface area (Å²) in [5, 5.41) is 9.16. The fourth-order valence-corrected chi connectivity index (χ4v) is 3.56. The largest absolute Gasteiger partial charge is 0.478 e. The van der Waals surface area contributed by atoms with Crippen LogP contribution in [-0.2, 0) is 19.4 Å². The van der Waals surface area contributed by atoms with Gasteiger partial charge in [0.1, 0.15) is 5.82 Å². The highest BCUT2D eigenvalue weighted by molar-refractivity contribution is 5.87. The molecule has 0 spiro atoms. The standard InChI is InChI=1S/C21H21N3O2/c1-23-9-7-17-11-15(5-6-19(17)23)13-20-22-8-10-24(20)14-16-3-2-4-18(12-16)21(25)26/h2-6,8,10-12H,7,9,13-14H2,1H3,(H,25,26). The first-order valence-electron chi connectivity index (χ1n) is 8.75. The number of imidazole rings is 1. The van der Waals surface area contributed by atoms with Crippen LogP contribution in [0.15, 0.2) is 54.9 Å². The van der Waals surface area contributed by atoms with Crippen molar-refractivity contribution in [2.45, 2.75) is 19.4 Å². The van der Waals surface area contributed by atoms with E-state index in [1.54, 1.807) is 24.4 Å². The predicted molar refractivity (Wildman–Crippen MR) is 101 cm³/mol. The summed E-state index contributed by atoms with van der Waals surface area (Å²) in [5.41, 5.74) is 5.25. The van der Waals surface area contributed by atoms with Gasteiger partial charge in [-0.1, -0.05) is 24.3 Å². The summed E-state index contributed by atoms with van der Waals surface area (Å²) in [4.78, 5) is 18.0. The third-order valence-corrected chi connectivity index (χ3v) is 4.96. The molecule has 1 aromatic heterocycles. The van der Waals surface area contributed by atoms with Crippen LogP contribution in [0.1, 0.15) is 32.9 Å². The average Bonchev–Trinajstić information content (AvgIpc) is 3.22. The SMILES string of the molecule is CN1CCc2cc(Cc3nccn3Cc3cccc(C(=O)O)c3)ccc21. The van der Waals surface area contributed by atoms with E-state index in [2.05, 4.69) is 39.7 Å². The molecule has 26 heavy (non-hydrogen) atoms. The summed E-state index contributed by atoms with van der Waals surface area (Å²) in [6, 6.07) is 13.7. The van der Waals surface area contributed by atoms with E-state index >= 15 is 0 Å². The van der Waals surface area contributed by atoms with Crippen molar-refractivity contribution in [2.75, 3.05) is 18.5 Å². The Hall–Kier alpha value is -3.08. The van der Waals surface area contributed by atoms with Crippen LogP contribution < -0.4 is 4.90 Å². The summed E-state index contributed by atoms with van der Waals surface area (Å²) >= 11 is 0. The van der Waals surface area contributed by atoms with E-state index in [4.69, 9.17) is 5.11 Å². The van der Waals surface area contributed by atoms with Gasteiger partial charge in [-0.15, -0.1) is 0 Å². The third kappa shape index (κ3) is 3.20. The molecule has 2 aromatic carbocycles. The van der Waals surface area contributed by atoms with E-state index < -0.39 is 5.97 Å². The van der Waals surface area contributed by atoms with Crippen LogP contribution in [0.4, 0.5) is 5.69 Å². The summed E-state index contributed by atoms with van der Waals surface area (Å²) in [6.45, 7) is 1.69. The highest BCUT2D eigenvalue weighted by Crippen LogP contribution is 2.28. The number of nitrogens with zero attached hydrogens (tertiary/aromatic N) is 3. The van der Waals surface area contributed by atoms with Gasteiger partial charge in [-0.25, -0.2) is 9.78 Å². The fraction of sp³-hybridized carbons (Fsp3) is 0.238. The zero-order valence-electron chi connectivity index (χ0n) is 14.7. The Kier molecular flexibility index (Phi) is 4.21. The molecule has 1 N–H and O–H groups in total. The predicted octanol–water partition coefficient (Wildman–Crippen LogP) is 3.21. The summed E-state index contributed by atoms with van der Waals surface area (Å²) < 4.78 is 2.08. The molecule has 0 fully saturated rings. The molecule has 0 saturated carbocycles. The summed E-state index contributed by atoms with van der Waals surface area (Å²) in [7, 11) is 2.13. The molecule has 0 bridgehead atoms. The van der Waals surface area contributed by atoms with Gasteiger partial charge in [0.2, 0.25) is 0 Å². The first-order chi connectivity index (χ1) is 12.6. The van der Waals surface area contributed by atoms with Gasteiger partial charge in [-0.3, -0.25) is 0 Å². The number of hydrogen-bond donors (Lipinski definition) is 1. The number of carboxylic acids is 1. The van der Waals surface area contributed by atoms with Gasteiger partial charge < -0.3 is 14.6 Å². The van der Waals surface area contributed by atoms with Crippen LogP contribution in [0.3, 0.4) is 0 Å². The molecule has 0 atom stereocenters. The van der Waals surface area contributed by atoms with Gasteiger partial charge in [0.15, 0.2) is 0 Å². The van der Waals surface area contributed by atoms with Crippen LogP contribution in [-0.4, -0.2) is 34.2 Å². The van der Waals surface area contributed by atoms with Crippen molar-refractivity contribution in [3.63, 3.8) is 0 Å². The Balaban J connectivity index is 1.54. The Morgan fingerprint density at radius 3 is 2.92 bits per heavy atom. The highest BCUT2D eigenvalue weighted by atomic mass is 16.4. The second kappa shape index (κ2) is 6.67. The number of hydrogen-bond acceptors (Lipinski definition) is 3. The van der Waals surface area contributed by atoms with Gasteiger partial charge in [0.05, 0.1) is 5.56 Å². The van der Waals surface area contributed by atoms with E-state index in [0.29, 0.717) is 12.1 Å². The molecule has 2 heterocycles. The van der Waals surface area contributed by atoms with Crippen molar-refractivity contribution in [1.29, 1.82) is 0 Å². The van der Waals surface area contributed by atoms with E-state index in [-0.39, 0.29) is 0 Å². The molecule has 1 aliphatic rings. The molecule has 4 rings (SSSR count). The molecule has 1 aliphatic heterocycles. The molecule has 5 heteroatoms. The lowest BCUT2D eigenvalue weighted by atomic mass is 10.1. The number of carbonyl (C=O) groups is 1. The molecule has 132 valence electrons. The number of benzene rings is 2. The Bertz CT molecular complexity index is 961. The molecule has 0 saturated heterocycles. The first kappa shape index (κ1) is 16.4. The molecule has 5 nitrogen and oxygen atoms in total. The second-order valence-electron chi connectivity index (χ2n) is 6.79. The molecule has 0 aliphatic carbocycles. The van der Waals surface area contributed by atoms with Crippen LogP contribution in [0.25, 0.3) is 0 Å². The van der Waals surface area contributed by atoms with Gasteiger partial charge >= 0.3 is 5.97 Å². The lowest BCUT2D eigenvalue weighted by molar-refractivity contribution is 0.0696. The van der Waals surface area contributed by atoms with Crippen LogP contribution >= 0.6 is 0 Å². The van der Waals surface area contributed by atoms with E-state index in [1.165, 1.54) is 16.8 Å². The van der Waals surface area contributed by atoms with Gasteiger partial charge in [-0.05, 0) is 41.3 Å². The quantitative estimate of drug-likeness (QED) is 0.770. The van der Waals surface area contributed by atoms with Crippen LogP contribution in [0.5, 0.6) is 0 Å². The molecule has 0 radical (unpaired) electrons. The van der Waals surface area contributed by atoms with Gasteiger partial charge in [0.25, 0.3) is 0 Å². The number of fused-ring (bicyclic) bond motifs is 1. The lowest BCUT2D eigenvalue weighted by Gasteiger charge is -2.13. The smallest absolute Gasteiger partial charge is 0.335 e. The Labute approximate surface area is 152 Å². The van der Waals surface area contributed by atoms with Gasteiger partial charge in [0, 0.05) is 44.6 Å². The van der Waals surface area contributed by atoms with Crippen molar-refractivity contribution < 1.29 is 9.90 Å². The molecular weight excluding hydrogens is 326 g/mol. The minimum atomic E-state index is -0.902. The zero-order valence-corrected chi connectivity index (χ0v) is 14.7. The maximum absolute atomic E-state index is 11.2. The topological polar surface area (TPSA) is 58.4 Å². The number of aromatic carboxylic acids is 1. The first-order valence-corrected chi connectivity index (χ1v) is 8.75. The van der Waals surface area contributed by atoms with Crippen molar-refractivity contribution in [1.82, 2.24) is 9.55 Å². The zero-order chi connectivity index (χ0) is 18.1. The molecule has 0 amide bonds. The van der Waals surface area contributed by atoms with Crippen molar-refractivity contribution in [2.24, 2.45) is 0 Å². The minimum absolute atomic E-state index is 0.312. The summed E-state index contributed by atoms with van der Waals surface area (Å²) in [5.74, 6) is 0.0813. The lowest BCUT2D eigenvalue weighted by Crippen LogP contribution is -2.12. The number of rotatable bonds is 5. The van der Waals surface area contributed by atoms with E-state index in [9.17, 15) is 4.79 Å². The maximum Gasteiger partial charge on any atom is 0.335 e. The molecule has 0 unspecified atom stereocenters.